The van der Waals surface area contributed by atoms with E-state index >= 15 is 0 Å². The fraction of sp³-hybridized carbons (Fsp3) is 0.875. The molecular weight excluding hydrogens is 361 g/mol. The van der Waals surface area contributed by atoms with Gasteiger partial charge in [0.05, 0.1) is 32.0 Å². The summed E-state index contributed by atoms with van der Waals surface area (Å²) in [4.78, 5) is 27.6. The SMILES string of the molecule is CCCCOC(=O)N1CCN(C(=O)C(N)CP(=O)(OCC)OCC)CC1. The fourth-order valence-corrected chi connectivity index (χ4v) is 4.30. The van der Waals surface area contributed by atoms with Crippen molar-refractivity contribution >= 4 is 19.6 Å². The highest BCUT2D eigenvalue weighted by atomic mass is 31.2. The molecule has 0 radical (unpaired) electrons. The summed E-state index contributed by atoms with van der Waals surface area (Å²) in [6.45, 7) is 7.78. The van der Waals surface area contributed by atoms with E-state index in [1.54, 1.807) is 23.6 Å². The van der Waals surface area contributed by atoms with Crippen LogP contribution in [0.5, 0.6) is 0 Å². The molecule has 1 fully saturated rings. The molecule has 0 aliphatic carbocycles. The molecule has 0 bridgehead atoms. The van der Waals surface area contributed by atoms with Crippen LogP contribution in [0.4, 0.5) is 4.79 Å². The Hall–Kier alpha value is -1.15. The van der Waals surface area contributed by atoms with Crippen LogP contribution in [0.1, 0.15) is 33.6 Å². The van der Waals surface area contributed by atoms with Crippen LogP contribution in [0.3, 0.4) is 0 Å². The van der Waals surface area contributed by atoms with Gasteiger partial charge in [0.25, 0.3) is 0 Å². The number of carbonyl (C=O) groups is 2. The number of ether oxygens (including phenoxy) is 1. The number of piperazine rings is 1. The molecule has 0 spiro atoms. The molecule has 1 saturated heterocycles. The zero-order chi connectivity index (χ0) is 19.6. The lowest BCUT2D eigenvalue weighted by Crippen LogP contribution is -2.55. The van der Waals surface area contributed by atoms with E-state index in [9.17, 15) is 14.2 Å². The first-order valence-corrected chi connectivity index (χ1v) is 10.9. The monoisotopic (exact) mass is 393 g/mol. The third kappa shape index (κ3) is 7.23. The largest absolute Gasteiger partial charge is 0.449 e. The molecule has 9 nitrogen and oxygen atoms in total. The van der Waals surface area contributed by atoms with Crippen LogP contribution in [0, 0.1) is 0 Å². The molecule has 1 unspecified atom stereocenters. The van der Waals surface area contributed by atoms with Gasteiger partial charge in [0, 0.05) is 26.2 Å². The van der Waals surface area contributed by atoms with Crippen LogP contribution in [-0.2, 0) is 23.1 Å². The smallest absolute Gasteiger partial charge is 0.409 e. The van der Waals surface area contributed by atoms with Crippen LogP contribution in [-0.4, -0.2) is 80.0 Å². The average molecular weight is 393 g/mol. The molecule has 1 aliphatic rings. The number of rotatable bonds is 10. The first-order chi connectivity index (χ1) is 12.4. The number of unbranched alkanes of at least 4 members (excludes halogenated alkanes) is 1. The van der Waals surface area contributed by atoms with Crippen molar-refractivity contribution in [3.63, 3.8) is 0 Å². The second-order valence-corrected chi connectivity index (χ2v) is 8.12. The Bertz CT molecular complexity index is 486. The predicted octanol–water partition coefficient (Wildman–Crippen LogP) is 1.66. The van der Waals surface area contributed by atoms with Crippen molar-refractivity contribution in [3.05, 3.63) is 0 Å². The van der Waals surface area contributed by atoms with Crippen molar-refractivity contribution in [1.29, 1.82) is 0 Å². The summed E-state index contributed by atoms with van der Waals surface area (Å²) in [5, 5.41) is 0. The molecule has 1 rings (SSSR count). The van der Waals surface area contributed by atoms with Gasteiger partial charge in [0.1, 0.15) is 0 Å². The summed E-state index contributed by atoms with van der Waals surface area (Å²) in [6, 6.07) is -0.970. The Kier molecular flexibility index (Phi) is 10.2. The van der Waals surface area contributed by atoms with E-state index in [1.165, 1.54) is 0 Å². The highest BCUT2D eigenvalue weighted by Crippen LogP contribution is 2.48. The summed E-state index contributed by atoms with van der Waals surface area (Å²) >= 11 is 0. The quantitative estimate of drug-likeness (QED) is 0.444. The standard InChI is InChI=1S/C16H32N3O6P/c1-4-7-12-23-16(21)19-10-8-18(9-11-19)15(20)14(17)13-26(22,24-5-2)25-6-3/h14H,4-13,17H2,1-3H3. The first-order valence-electron chi connectivity index (χ1n) is 9.21. The maximum Gasteiger partial charge on any atom is 0.409 e. The zero-order valence-electron chi connectivity index (χ0n) is 16.0. The van der Waals surface area contributed by atoms with Crippen molar-refractivity contribution < 1.29 is 27.9 Å². The number of carbonyl (C=O) groups excluding carboxylic acids is 2. The van der Waals surface area contributed by atoms with Crippen molar-refractivity contribution in [1.82, 2.24) is 9.80 Å². The number of amides is 2. The molecule has 10 heteroatoms. The molecule has 2 N–H and O–H groups in total. The average Bonchev–Trinajstić information content (AvgIpc) is 2.61. The molecule has 0 saturated carbocycles. The van der Waals surface area contributed by atoms with Gasteiger partial charge in [-0.25, -0.2) is 4.79 Å². The molecule has 152 valence electrons. The molecule has 1 aliphatic heterocycles. The first kappa shape index (κ1) is 22.9. The number of nitrogens with two attached hydrogens (primary N) is 1. The van der Waals surface area contributed by atoms with E-state index < -0.39 is 13.6 Å². The summed E-state index contributed by atoms with van der Waals surface area (Å²) < 4.78 is 28.1. The molecule has 0 aromatic rings. The van der Waals surface area contributed by atoms with Crippen molar-refractivity contribution in [3.8, 4) is 0 Å². The van der Waals surface area contributed by atoms with Gasteiger partial charge in [-0.2, -0.15) is 0 Å². The predicted molar refractivity (Wildman–Crippen MR) is 98.1 cm³/mol. The number of nitrogens with zero attached hydrogens (tertiary/aromatic N) is 2. The Morgan fingerprint density at radius 1 is 1.04 bits per heavy atom. The van der Waals surface area contributed by atoms with Crippen LogP contribution in [0.15, 0.2) is 0 Å². The Morgan fingerprint density at radius 2 is 1.58 bits per heavy atom. The lowest BCUT2D eigenvalue weighted by Gasteiger charge is -2.35. The molecule has 1 heterocycles. The lowest BCUT2D eigenvalue weighted by atomic mass is 10.2. The third-order valence-electron chi connectivity index (χ3n) is 3.96. The topological polar surface area (TPSA) is 111 Å². The highest BCUT2D eigenvalue weighted by molar-refractivity contribution is 7.53. The normalized spacial score (nSPS) is 16.5. The van der Waals surface area contributed by atoms with Gasteiger partial charge >= 0.3 is 13.7 Å². The van der Waals surface area contributed by atoms with Gasteiger partial charge in [-0.1, -0.05) is 13.3 Å². The Morgan fingerprint density at radius 3 is 2.08 bits per heavy atom. The molecule has 0 aromatic heterocycles. The van der Waals surface area contributed by atoms with Crippen LogP contribution in [0.25, 0.3) is 0 Å². The van der Waals surface area contributed by atoms with E-state index in [2.05, 4.69) is 0 Å². The van der Waals surface area contributed by atoms with Crippen LogP contribution < -0.4 is 5.73 Å². The van der Waals surface area contributed by atoms with Gasteiger partial charge in [-0.15, -0.1) is 0 Å². The van der Waals surface area contributed by atoms with Gasteiger partial charge in [0.2, 0.25) is 5.91 Å². The van der Waals surface area contributed by atoms with Gasteiger partial charge < -0.3 is 29.3 Å². The Balaban J connectivity index is 2.49. The zero-order valence-corrected chi connectivity index (χ0v) is 16.9. The maximum absolute atomic E-state index is 12.5. The number of hydrogen-bond donors (Lipinski definition) is 1. The summed E-state index contributed by atoms with van der Waals surface area (Å²) in [7, 11) is -3.38. The minimum Gasteiger partial charge on any atom is -0.449 e. The molecule has 0 aromatic carbocycles. The fourth-order valence-electron chi connectivity index (χ4n) is 2.59. The minimum absolute atomic E-state index is 0.160. The van der Waals surface area contributed by atoms with Gasteiger partial charge in [-0.05, 0) is 20.3 Å². The lowest BCUT2D eigenvalue weighted by molar-refractivity contribution is -0.133. The van der Waals surface area contributed by atoms with E-state index in [-0.39, 0.29) is 31.4 Å². The van der Waals surface area contributed by atoms with E-state index in [0.717, 1.165) is 12.8 Å². The highest BCUT2D eigenvalue weighted by Gasteiger charge is 2.34. The van der Waals surface area contributed by atoms with Crippen LogP contribution in [0.2, 0.25) is 0 Å². The molecule has 2 amide bonds. The minimum atomic E-state index is -3.38. The second-order valence-electron chi connectivity index (χ2n) is 6.02. The summed E-state index contributed by atoms with van der Waals surface area (Å²) in [5.74, 6) is -0.316. The van der Waals surface area contributed by atoms with E-state index in [1.807, 2.05) is 6.92 Å². The van der Waals surface area contributed by atoms with Gasteiger partial charge in [-0.3, -0.25) is 9.36 Å². The summed E-state index contributed by atoms with van der Waals surface area (Å²) in [5.41, 5.74) is 5.94. The van der Waals surface area contributed by atoms with Crippen molar-refractivity contribution in [2.75, 3.05) is 52.2 Å². The van der Waals surface area contributed by atoms with Crippen molar-refractivity contribution in [2.45, 2.75) is 39.7 Å². The molecular formula is C16H32N3O6P. The third-order valence-corrected chi connectivity index (χ3v) is 6.11. The van der Waals surface area contributed by atoms with E-state index in [4.69, 9.17) is 19.5 Å². The molecule has 1 atom stereocenters. The van der Waals surface area contributed by atoms with Crippen molar-refractivity contribution in [2.24, 2.45) is 5.73 Å². The Labute approximate surface area is 155 Å². The maximum atomic E-state index is 12.5. The van der Waals surface area contributed by atoms with Crippen LogP contribution >= 0.6 is 7.60 Å². The van der Waals surface area contributed by atoms with E-state index in [0.29, 0.717) is 32.8 Å². The second kappa shape index (κ2) is 11.5. The summed E-state index contributed by atoms with van der Waals surface area (Å²) in [6.07, 6.45) is 1.28. The number of hydrogen-bond acceptors (Lipinski definition) is 7. The van der Waals surface area contributed by atoms with Gasteiger partial charge in [0.15, 0.2) is 0 Å². The molecule has 26 heavy (non-hydrogen) atoms.